The average Bonchev–Trinajstić information content (AvgIpc) is 2.80. The van der Waals surface area contributed by atoms with Crippen molar-refractivity contribution in [2.45, 2.75) is 40.0 Å². The molecule has 200 valence electrons. The molecule has 0 aliphatic rings. The fourth-order valence-corrected chi connectivity index (χ4v) is 3.36. The first-order chi connectivity index (χ1) is 16.6. The minimum Gasteiger partial charge on any atom is -0.367 e. The summed E-state index contributed by atoms with van der Waals surface area (Å²) in [7, 11) is 0. The van der Waals surface area contributed by atoms with Gasteiger partial charge in [0.05, 0.1) is 21.0 Å². The quantitative estimate of drug-likeness (QED) is 0.211. The van der Waals surface area contributed by atoms with Crippen molar-refractivity contribution in [1.29, 1.82) is 0 Å². The first-order valence-electron chi connectivity index (χ1n) is 10.8. The predicted molar refractivity (Wildman–Crippen MR) is 123 cm³/mol. The maximum atomic E-state index is 12.5. The molecule has 0 aliphatic carbocycles. The van der Waals surface area contributed by atoms with E-state index >= 15 is 0 Å². The van der Waals surface area contributed by atoms with Crippen molar-refractivity contribution >= 4 is 22.7 Å². The lowest BCUT2D eigenvalue weighted by atomic mass is 10.1. The molecule has 36 heavy (non-hydrogen) atoms. The van der Waals surface area contributed by atoms with E-state index in [-0.39, 0.29) is 11.4 Å². The highest BCUT2D eigenvalue weighted by Gasteiger charge is 2.34. The minimum atomic E-state index is -4.58. The molecule has 0 fully saturated rings. The van der Waals surface area contributed by atoms with Gasteiger partial charge in [-0.2, -0.15) is 26.3 Å². The molecule has 0 spiro atoms. The van der Waals surface area contributed by atoms with Crippen molar-refractivity contribution in [3.8, 4) is 0 Å². The van der Waals surface area contributed by atoms with Gasteiger partial charge in [0.1, 0.15) is 11.4 Å². The highest BCUT2D eigenvalue weighted by atomic mass is 19.4. The van der Waals surface area contributed by atoms with Crippen LogP contribution in [-0.4, -0.2) is 36.0 Å². The summed E-state index contributed by atoms with van der Waals surface area (Å²) >= 11 is 0. The third kappa shape index (κ3) is 7.71. The number of rotatable bonds is 8. The predicted octanol–water partition coefficient (Wildman–Crippen LogP) is 6.92. The number of halogens is 6. The summed E-state index contributed by atoms with van der Waals surface area (Å²) in [6, 6.07) is 5.17. The Kier molecular flexibility index (Phi) is 10.5. The van der Waals surface area contributed by atoms with Crippen LogP contribution >= 0.6 is 0 Å². The summed E-state index contributed by atoms with van der Waals surface area (Å²) in [6.45, 7) is 9.09. The second kappa shape index (κ2) is 12.4. The lowest BCUT2D eigenvalue weighted by Crippen LogP contribution is -2.23. The Hall–Kier alpha value is -3.58. The van der Waals surface area contributed by atoms with Gasteiger partial charge in [-0.25, -0.2) is 0 Å². The monoisotopic (exact) mass is 524 g/mol. The van der Waals surface area contributed by atoms with Crippen LogP contribution in [0, 0.1) is 20.2 Å². The van der Waals surface area contributed by atoms with Crippen molar-refractivity contribution in [3.05, 3.63) is 67.8 Å². The van der Waals surface area contributed by atoms with E-state index in [1.807, 2.05) is 0 Å². The Bertz CT molecular complexity index is 968. The minimum absolute atomic E-state index is 0.206. The van der Waals surface area contributed by atoms with E-state index in [1.54, 1.807) is 37.5 Å². The van der Waals surface area contributed by atoms with Crippen molar-refractivity contribution in [1.82, 2.24) is 0 Å². The van der Waals surface area contributed by atoms with E-state index in [1.165, 1.54) is 0 Å². The smallest absolute Gasteiger partial charge is 0.367 e. The standard InChI is InChI=1S/2C11H13F3N2O2/c2*1-3-15(4-2)9-6-5-8(11(12,13)14)7-10(9)16(17)18/h2*5-7H,3-4H2,1-2H3. The van der Waals surface area contributed by atoms with Gasteiger partial charge in [0.15, 0.2) is 0 Å². The molecule has 0 saturated carbocycles. The van der Waals surface area contributed by atoms with E-state index in [9.17, 15) is 46.6 Å². The van der Waals surface area contributed by atoms with Crippen molar-refractivity contribution in [3.63, 3.8) is 0 Å². The van der Waals surface area contributed by atoms with Gasteiger partial charge >= 0.3 is 12.4 Å². The van der Waals surface area contributed by atoms with Crippen LogP contribution in [0.1, 0.15) is 38.8 Å². The third-order valence-corrected chi connectivity index (χ3v) is 5.21. The molecule has 0 heterocycles. The lowest BCUT2D eigenvalue weighted by molar-refractivity contribution is -0.384. The first-order valence-corrected chi connectivity index (χ1v) is 10.8. The Labute approximate surface area is 203 Å². The molecule has 0 bridgehead atoms. The van der Waals surface area contributed by atoms with Gasteiger partial charge in [-0.1, -0.05) is 0 Å². The number of nitro benzene ring substituents is 2. The molecule has 14 heteroatoms. The molecule has 0 amide bonds. The van der Waals surface area contributed by atoms with E-state index in [0.29, 0.717) is 38.3 Å². The second-order valence-corrected chi connectivity index (χ2v) is 7.26. The van der Waals surface area contributed by atoms with Crippen LogP contribution in [0.2, 0.25) is 0 Å². The number of hydrogen-bond acceptors (Lipinski definition) is 6. The number of alkyl halides is 6. The molecule has 0 unspecified atom stereocenters. The molecular weight excluding hydrogens is 498 g/mol. The summed E-state index contributed by atoms with van der Waals surface area (Å²) in [4.78, 5) is 23.4. The van der Waals surface area contributed by atoms with Crippen LogP contribution in [0.5, 0.6) is 0 Å². The Morgan fingerprint density at radius 1 is 0.639 bits per heavy atom. The fraction of sp³-hybridized carbons (Fsp3) is 0.455. The topological polar surface area (TPSA) is 92.8 Å². The average molecular weight is 524 g/mol. The summed E-state index contributed by atoms with van der Waals surface area (Å²) in [5.41, 5.74) is -2.65. The molecule has 0 saturated heterocycles. The van der Waals surface area contributed by atoms with Crippen molar-refractivity contribution in [2.24, 2.45) is 0 Å². The van der Waals surface area contributed by atoms with Gasteiger partial charge in [-0.15, -0.1) is 0 Å². The number of anilines is 2. The van der Waals surface area contributed by atoms with E-state index in [2.05, 4.69) is 0 Å². The summed E-state index contributed by atoms with van der Waals surface area (Å²) < 4.78 is 75.0. The first kappa shape index (κ1) is 30.5. The molecule has 0 radical (unpaired) electrons. The van der Waals surface area contributed by atoms with Crippen molar-refractivity contribution in [2.75, 3.05) is 36.0 Å². The molecule has 2 aromatic rings. The summed E-state index contributed by atoms with van der Waals surface area (Å²) in [6.07, 6.45) is -9.15. The van der Waals surface area contributed by atoms with Crippen LogP contribution in [0.25, 0.3) is 0 Å². The van der Waals surface area contributed by atoms with Gasteiger partial charge in [0.2, 0.25) is 0 Å². The summed E-state index contributed by atoms with van der Waals surface area (Å²) in [5.74, 6) is 0. The van der Waals surface area contributed by atoms with Crippen LogP contribution in [0.15, 0.2) is 36.4 Å². The van der Waals surface area contributed by atoms with Crippen LogP contribution < -0.4 is 9.80 Å². The fourth-order valence-electron chi connectivity index (χ4n) is 3.36. The van der Waals surface area contributed by atoms with Crippen LogP contribution in [-0.2, 0) is 12.4 Å². The van der Waals surface area contributed by atoms with Gasteiger partial charge < -0.3 is 9.80 Å². The Morgan fingerprint density at radius 3 is 1.11 bits per heavy atom. The van der Waals surface area contributed by atoms with E-state index in [4.69, 9.17) is 0 Å². The largest absolute Gasteiger partial charge is 0.416 e. The maximum absolute atomic E-state index is 12.5. The Balaban J connectivity index is 0.000000360. The lowest BCUT2D eigenvalue weighted by Gasteiger charge is -2.21. The van der Waals surface area contributed by atoms with Gasteiger partial charge in [-0.05, 0) is 52.0 Å². The highest BCUT2D eigenvalue weighted by Crippen LogP contribution is 2.37. The molecular formula is C22H26F6N4O4. The molecule has 0 N–H and O–H groups in total. The molecule has 8 nitrogen and oxygen atoms in total. The SMILES string of the molecule is CCN(CC)c1ccc(C(F)(F)F)cc1[N+](=O)[O-].CCN(CC)c1ccc(C(F)(F)F)cc1[N+](=O)[O-]. The number of hydrogen-bond donors (Lipinski definition) is 0. The normalized spacial score (nSPS) is 11.4. The van der Waals surface area contributed by atoms with Crippen LogP contribution in [0.4, 0.5) is 49.1 Å². The highest BCUT2D eigenvalue weighted by molar-refractivity contribution is 5.65. The van der Waals surface area contributed by atoms with Gasteiger partial charge in [0, 0.05) is 38.3 Å². The molecule has 2 aromatic carbocycles. The van der Waals surface area contributed by atoms with Crippen LogP contribution in [0.3, 0.4) is 0 Å². The third-order valence-electron chi connectivity index (χ3n) is 5.21. The summed E-state index contributed by atoms with van der Waals surface area (Å²) in [5, 5.41) is 21.7. The van der Waals surface area contributed by atoms with E-state index in [0.717, 1.165) is 24.3 Å². The molecule has 0 atom stereocenters. The van der Waals surface area contributed by atoms with E-state index < -0.39 is 44.7 Å². The molecule has 0 aliphatic heterocycles. The maximum Gasteiger partial charge on any atom is 0.416 e. The zero-order valence-corrected chi connectivity index (χ0v) is 20.0. The Morgan fingerprint density at radius 2 is 0.917 bits per heavy atom. The second-order valence-electron chi connectivity index (χ2n) is 7.26. The number of nitro groups is 2. The molecule has 2 rings (SSSR count). The number of benzene rings is 2. The van der Waals surface area contributed by atoms with Gasteiger partial charge in [0.25, 0.3) is 11.4 Å². The zero-order chi connectivity index (χ0) is 27.8. The van der Waals surface area contributed by atoms with Crippen molar-refractivity contribution < 1.29 is 36.2 Å². The van der Waals surface area contributed by atoms with Gasteiger partial charge in [-0.3, -0.25) is 20.2 Å². The zero-order valence-electron chi connectivity index (χ0n) is 20.0. The molecule has 0 aromatic heterocycles. The number of nitrogens with zero attached hydrogens (tertiary/aromatic N) is 4.